The van der Waals surface area contributed by atoms with Gasteiger partial charge in [0.15, 0.2) is 0 Å². The molecule has 0 amide bonds. The summed E-state index contributed by atoms with van der Waals surface area (Å²) in [7, 11) is 0. The predicted octanol–water partition coefficient (Wildman–Crippen LogP) is 3.28. The molecule has 0 aliphatic rings. The molecule has 20 heavy (non-hydrogen) atoms. The van der Waals surface area contributed by atoms with Gasteiger partial charge < -0.3 is 15.6 Å². The number of ether oxygens (including phenoxy) is 1. The number of aromatic carboxylic acids is 1. The summed E-state index contributed by atoms with van der Waals surface area (Å²) in [4.78, 5) is 14.8. The fraction of sp³-hybridized carbons (Fsp3) is 0.200. The van der Waals surface area contributed by atoms with Crippen LogP contribution in [0.4, 0.5) is 5.69 Å². The zero-order valence-electron chi connectivity index (χ0n) is 11.3. The Morgan fingerprint density at radius 1 is 1.35 bits per heavy atom. The molecule has 0 unspecified atom stereocenters. The highest BCUT2D eigenvalue weighted by Crippen LogP contribution is 2.31. The lowest BCUT2D eigenvalue weighted by molar-refractivity contribution is 0.0696. The van der Waals surface area contributed by atoms with Gasteiger partial charge in [-0.1, -0.05) is 32.0 Å². The lowest BCUT2D eigenvalue weighted by Crippen LogP contribution is -2.02. The molecule has 2 aromatic rings. The number of nitrogens with zero attached hydrogens (tertiary/aromatic N) is 1. The topological polar surface area (TPSA) is 85.4 Å². The van der Waals surface area contributed by atoms with E-state index in [-0.39, 0.29) is 17.1 Å². The minimum Gasteiger partial charge on any atom is -0.478 e. The number of rotatable bonds is 4. The SMILES string of the molecule is CC(C)c1ccccc1Oc1ncc(C(=O)O)cc1N. The Kier molecular flexibility index (Phi) is 3.89. The molecule has 0 atom stereocenters. The van der Waals surface area contributed by atoms with Crippen molar-refractivity contribution in [3.63, 3.8) is 0 Å². The van der Waals surface area contributed by atoms with E-state index in [1.807, 2.05) is 24.3 Å². The number of carboxylic acids is 1. The smallest absolute Gasteiger partial charge is 0.337 e. The van der Waals surface area contributed by atoms with Crippen LogP contribution in [0.25, 0.3) is 0 Å². The first-order valence-corrected chi connectivity index (χ1v) is 6.24. The number of nitrogens with two attached hydrogens (primary N) is 1. The van der Waals surface area contributed by atoms with Gasteiger partial charge in [-0.05, 0) is 23.6 Å². The number of hydrogen-bond acceptors (Lipinski definition) is 4. The van der Waals surface area contributed by atoms with Gasteiger partial charge in [-0.2, -0.15) is 0 Å². The van der Waals surface area contributed by atoms with Crippen molar-refractivity contribution in [1.29, 1.82) is 0 Å². The number of carbonyl (C=O) groups is 1. The molecule has 0 aliphatic carbocycles. The summed E-state index contributed by atoms with van der Waals surface area (Å²) in [6.45, 7) is 4.12. The summed E-state index contributed by atoms with van der Waals surface area (Å²) in [6, 6.07) is 8.95. The van der Waals surface area contributed by atoms with E-state index < -0.39 is 5.97 Å². The number of pyridine rings is 1. The minimum absolute atomic E-state index is 0.0343. The third-order valence-corrected chi connectivity index (χ3v) is 2.87. The molecule has 1 heterocycles. The van der Waals surface area contributed by atoms with E-state index in [2.05, 4.69) is 18.8 Å². The average molecular weight is 272 g/mol. The fourth-order valence-corrected chi connectivity index (χ4v) is 1.83. The van der Waals surface area contributed by atoms with Crippen molar-refractivity contribution in [3.8, 4) is 11.6 Å². The molecular formula is C15H16N2O3. The molecule has 0 spiro atoms. The van der Waals surface area contributed by atoms with Crippen LogP contribution in [-0.4, -0.2) is 16.1 Å². The van der Waals surface area contributed by atoms with Crippen LogP contribution in [0.1, 0.15) is 35.7 Å². The van der Waals surface area contributed by atoms with Crippen molar-refractivity contribution in [2.45, 2.75) is 19.8 Å². The quantitative estimate of drug-likeness (QED) is 0.892. The van der Waals surface area contributed by atoms with Crippen molar-refractivity contribution < 1.29 is 14.6 Å². The zero-order chi connectivity index (χ0) is 14.7. The largest absolute Gasteiger partial charge is 0.478 e. The second kappa shape index (κ2) is 5.61. The monoisotopic (exact) mass is 272 g/mol. The average Bonchev–Trinajstić information content (AvgIpc) is 2.41. The summed E-state index contributed by atoms with van der Waals surface area (Å²) < 4.78 is 5.71. The Morgan fingerprint density at radius 2 is 2.05 bits per heavy atom. The molecule has 104 valence electrons. The number of nitrogen functional groups attached to an aromatic ring is 1. The second-order valence-corrected chi connectivity index (χ2v) is 4.72. The van der Waals surface area contributed by atoms with E-state index >= 15 is 0 Å². The zero-order valence-corrected chi connectivity index (χ0v) is 11.3. The molecule has 5 nitrogen and oxygen atoms in total. The maximum Gasteiger partial charge on any atom is 0.337 e. The van der Waals surface area contributed by atoms with E-state index in [4.69, 9.17) is 15.6 Å². The maximum absolute atomic E-state index is 10.8. The molecule has 0 saturated carbocycles. The standard InChI is InChI=1S/C15H16N2O3/c1-9(2)11-5-3-4-6-13(11)20-14-12(16)7-10(8-17-14)15(18)19/h3-9H,16H2,1-2H3,(H,18,19). The molecule has 0 saturated heterocycles. The van der Waals surface area contributed by atoms with E-state index in [1.54, 1.807) is 0 Å². The number of para-hydroxylation sites is 1. The molecule has 3 N–H and O–H groups in total. The van der Waals surface area contributed by atoms with Crippen LogP contribution in [0.15, 0.2) is 36.5 Å². The first kappa shape index (κ1) is 13.9. The van der Waals surface area contributed by atoms with Crippen LogP contribution in [0, 0.1) is 0 Å². The minimum atomic E-state index is -1.07. The van der Waals surface area contributed by atoms with E-state index in [9.17, 15) is 4.79 Å². The molecular weight excluding hydrogens is 256 g/mol. The van der Waals surface area contributed by atoms with Gasteiger partial charge in [0, 0.05) is 6.20 Å². The highest BCUT2D eigenvalue weighted by atomic mass is 16.5. The van der Waals surface area contributed by atoms with Gasteiger partial charge in [0.25, 0.3) is 0 Å². The van der Waals surface area contributed by atoms with Gasteiger partial charge in [-0.3, -0.25) is 0 Å². The Morgan fingerprint density at radius 3 is 2.65 bits per heavy atom. The van der Waals surface area contributed by atoms with Gasteiger partial charge in [0.2, 0.25) is 5.88 Å². The fourth-order valence-electron chi connectivity index (χ4n) is 1.83. The van der Waals surface area contributed by atoms with Crippen LogP contribution in [0.2, 0.25) is 0 Å². The third kappa shape index (κ3) is 2.88. The van der Waals surface area contributed by atoms with Crippen LogP contribution in [0.5, 0.6) is 11.6 Å². The number of carboxylic acid groups (broad SMARTS) is 1. The number of aromatic nitrogens is 1. The van der Waals surface area contributed by atoms with Crippen LogP contribution in [-0.2, 0) is 0 Å². The van der Waals surface area contributed by atoms with Gasteiger partial charge in [0.1, 0.15) is 5.75 Å². The van der Waals surface area contributed by atoms with Crippen LogP contribution >= 0.6 is 0 Å². The van der Waals surface area contributed by atoms with Crippen molar-refractivity contribution in [2.24, 2.45) is 0 Å². The lowest BCUT2D eigenvalue weighted by Gasteiger charge is -2.14. The van der Waals surface area contributed by atoms with Gasteiger partial charge >= 0.3 is 5.97 Å². The van der Waals surface area contributed by atoms with E-state index in [0.717, 1.165) is 5.56 Å². The molecule has 0 aliphatic heterocycles. The summed E-state index contributed by atoms with van der Waals surface area (Å²) in [5, 5.41) is 8.87. The van der Waals surface area contributed by atoms with Crippen molar-refractivity contribution >= 4 is 11.7 Å². The third-order valence-electron chi connectivity index (χ3n) is 2.87. The number of benzene rings is 1. The second-order valence-electron chi connectivity index (χ2n) is 4.72. The Hall–Kier alpha value is -2.56. The van der Waals surface area contributed by atoms with Crippen LogP contribution in [0.3, 0.4) is 0 Å². The van der Waals surface area contributed by atoms with Crippen molar-refractivity contribution in [1.82, 2.24) is 4.98 Å². The summed E-state index contributed by atoms with van der Waals surface area (Å²) in [6.07, 6.45) is 1.23. The van der Waals surface area contributed by atoms with Gasteiger partial charge in [-0.15, -0.1) is 0 Å². The Balaban J connectivity index is 2.33. The first-order chi connectivity index (χ1) is 9.49. The molecule has 1 aromatic heterocycles. The molecule has 0 bridgehead atoms. The van der Waals surface area contributed by atoms with Crippen molar-refractivity contribution in [2.75, 3.05) is 5.73 Å². The van der Waals surface area contributed by atoms with Gasteiger partial charge in [-0.25, -0.2) is 9.78 Å². The molecule has 1 aromatic carbocycles. The van der Waals surface area contributed by atoms with E-state index in [0.29, 0.717) is 11.7 Å². The van der Waals surface area contributed by atoms with Crippen LogP contribution < -0.4 is 10.5 Å². The predicted molar refractivity (Wildman–Crippen MR) is 76.2 cm³/mol. The highest BCUT2D eigenvalue weighted by molar-refractivity contribution is 5.88. The molecule has 0 radical (unpaired) electrons. The molecule has 0 fully saturated rings. The first-order valence-electron chi connectivity index (χ1n) is 6.24. The lowest BCUT2D eigenvalue weighted by atomic mass is 10.0. The number of anilines is 1. The Labute approximate surface area is 117 Å². The van der Waals surface area contributed by atoms with E-state index in [1.165, 1.54) is 12.3 Å². The summed E-state index contributed by atoms with van der Waals surface area (Å²) in [5.41, 5.74) is 7.05. The molecule has 2 rings (SSSR count). The Bertz CT molecular complexity index is 639. The summed E-state index contributed by atoms with van der Waals surface area (Å²) in [5.74, 6) is 0.108. The number of hydrogen-bond donors (Lipinski definition) is 2. The highest BCUT2D eigenvalue weighted by Gasteiger charge is 2.12. The van der Waals surface area contributed by atoms with Gasteiger partial charge in [0.05, 0.1) is 11.3 Å². The maximum atomic E-state index is 10.8. The summed E-state index contributed by atoms with van der Waals surface area (Å²) >= 11 is 0. The molecule has 5 heteroatoms. The van der Waals surface area contributed by atoms with Crippen molar-refractivity contribution in [3.05, 3.63) is 47.7 Å². The normalized spacial score (nSPS) is 10.6.